The van der Waals surface area contributed by atoms with E-state index in [1.807, 2.05) is 0 Å². The molecule has 1 fully saturated rings. The highest BCUT2D eigenvalue weighted by atomic mass is 15.0. The van der Waals surface area contributed by atoms with Crippen LogP contribution in [0, 0.1) is 0 Å². The van der Waals surface area contributed by atoms with E-state index in [0.717, 1.165) is 6.42 Å². The normalized spacial score (nSPS) is 35.3. The molecule has 68 valence electrons. The summed E-state index contributed by atoms with van der Waals surface area (Å²) in [5.74, 6) is 0.566. The lowest BCUT2D eigenvalue weighted by molar-refractivity contribution is 0.606. The zero-order chi connectivity index (χ0) is 8.84. The van der Waals surface area contributed by atoms with Crippen LogP contribution in [0.4, 0.5) is 5.69 Å². The summed E-state index contributed by atoms with van der Waals surface area (Å²) < 4.78 is 0. The van der Waals surface area contributed by atoms with E-state index < -0.39 is 0 Å². The van der Waals surface area contributed by atoms with Crippen LogP contribution in [0.2, 0.25) is 0 Å². The Bertz CT molecular complexity index is 335. The average Bonchev–Trinajstić information content (AvgIpc) is 2.66. The van der Waals surface area contributed by atoms with Crippen LogP contribution in [-0.4, -0.2) is 12.1 Å². The van der Waals surface area contributed by atoms with E-state index in [2.05, 4.69) is 29.6 Å². The number of hydrogen-bond donors (Lipinski definition) is 2. The number of nitrogens with two attached hydrogens (primary N) is 1. The van der Waals surface area contributed by atoms with Crippen LogP contribution in [0.1, 0.15) is 24.3 Å². The predicted molar refractivity (Wildman–Crippen MR) is 53.8 cm³/mol. The van der Waals surface area contributed by atoms with Crippen LogP contribution in [0.5, 0.6) is 0 Å². The Morgan fingerprint density at radius 3 is 3.00 bits per heavy atom. The zero-order valence-corrected chi connectivity index (χ0v) is 7.53. The molecular weight excluding hydrogens is 160 g/mol. The van der Waals surface area contributed by atoms with Gasteiger partial charge in [0, 0.05) is 23.7 Å². The van der Waals surface area contributed by atoms with Crippen molar-refractivity contribution in [2.75, 3.05) is 5.32 Å². The Labute approximate surface area is 78.1 Å². The first-order valence-corrected chi connectivity index (χ1v) is 4.97. The van der Waals surface area contributed by atoms with Crippen molar-refractivity contribution in [1.29, 1.82) is 0 Å². The highest BCUT2D eigenvalue weighted by molar-refractivity contribution is 5.60. The molecule has 0 amide bonds. The molecule has 1 aromatic carbocycles. The summed E-state index contributed by atoms with van der Waals surface area (Å²) in [5.41, 5.74) is 8.82. The molecule has 1 heterocycles. The minimum absolute atomic E-state index is 0.362. The van der Waals surface area contributed by atoms with Gasteiger partial charge in [0.15, 0.2) is 0 Å². The molecule has 1 aliphatic carbocycles. The smallest absolute Gasteiger partial charge is 0.0379 e. The third kappa shape index (κ3) is 0.923. The van der Waals surface area contributed by atoms with Crippen LogP contribution in [0.25, 0.3) is 0 Å². The number of benzene rings is 1. The lowest BCUT2D eigenvalue weighted by atomic mass is 9.95. The molecule has 0 radical (unpaired) electrons. The van der Waals surface area contributed by atoms with Crippen LogP contribution < -0.4 is 11.1 Å². The average molecular weight is 174 g/mol. The number of nitrogens with one attached hydrogen (secondary N) is 1. The van der Waals surface area contributed by atoms with Crippen molar-refractivity contribution < 1.29 is 0 Å². The Balaban J connectivity index is 2.08. The van der Waals surface area contributed by atoms with Gasteiger partial charge in [0.25, 0.3) is 0 Å². The van der Waals surface area contributed by atoms with Crippen molar-refractivity contribution in [2.45, 2.75) is 30.8 Å². The number of hydrogen-bond acceptors (Lipinski definition) is 2. The largest absolute Gasteiger partial charge is 0.381 e. The topological polar surface area (TPSA) is 38.0 Å². The third-order valence-electron chi connectivity index (χ3n) is 3.37. The van der Waals surface area contributed by atoms with Crippen molar-refractivity contribution in [3.8, 4) is 0 Å². The van der Waals surface area contributed by atoms with E-state index in [9.17, 15) is 0 Å². The van der Waals surface area contributed by atoms with Gasteiger partial charge in [0.2, 0.25) is 0 Å². The summed E-state index contributed by atoms with van der Waals surface area (Å²) in [6.45, 7) is 0. The molecular formula is C11H14N2. The number of para-hydroxylation sites is 1. The second-order valence-corrected chi connectivity index (χ2v) is 4.11. The van der Waals surface area contributed by atoms with Gasteiger partial charge in [-0.25, -0.2) is 0 Å². The van der Waals surface area contributed by atoms with Gasteiger partial charge >= 0.3 is 0 Å². The van der Waals surface area contributed by atoms with Crippen LogP contribution in [0.15, 0.2) is 24.3 Å². The van der Waals surface area contributed by atoms with Crippen molar-refractivity contribution in [1.82, 2.24) is 0 Å². The van der Waals surface area contributed by atoms with Gasteiger partial charge in [-0.3, -0.25) is 0 Å². The maximum atomic E-state index is 6.09. The summed E-state index contributed by atoms with van der Waals surface area (Å²) in [6.07, 6.45) is 2.39. The highest BCUT2D eigenvalue weighted by Gasteiger charge is 2.40. The molecule has 1 saturated carbocycles. The second kappa shape index (κ2) is 2.48. The number of rotatable bonds is 0. The van der Waals surface area contributed by atoms with Gasteiger partial charge in [-0.2, -0.15) is 0 Å². The number of fused-ring (bicyclic) bond motifs is 3. The van der Waals surface area contributed by atoms with E-state index in [1.54, 1.807) is 0 Å². The standard InChI is InChI=1S/C11H14N2/c12-8-5-6-10-11(8)7-3-1-2-4-9(7)13-10/h1-4,8,10-11,13H,5-6,12H2. The minimum atomic E-state index is 0.362. The molecule has 2 heteroatoms. The summed E-state index contributed by atoms with van der Waals surface area (Å²) in [5, 5.41) is 3.55. The van der Waals surface area contributed by atoms with Crippen molar-refractivity contribution in [3.05, 3.63) is 29.8 Å². The minimum Gasteiger partial charge on any atom is -0.381 e. The van der Waals surface area contributed by atoms with E-state index in [0.29, 0.717) is 18.0 Å². The SMILES string of the molecule is NC1CCC2Nc3ccccc3C12. The van der Waals surface area contributed by atoms with Gasteiger partial charge < -0.3 is 11.1 Å². The van der Waals surface area contributed by atoms with Gasteiger partial charge in [-0.15, -0.1) is 0 Å². The summed E-state index contributed by atoms with van der Waals surface area (Å²) in [4.78, 5) is 0. The Morgan fingerprint density at radius 1 is 1.23 bits per heavy atom. The fourth-order valence-corrected chi connectivity index (χ4v) is 2.76. The molecule has 2 aliphatic rings. The molecule has 2 nitrogen and oxygen atoms in total. The molecule has 3 rings (SSSR count). The van der Waals surface area contributed by atoms with Gasteiger partial charge in [-0.1, -0.05) is 18.2 Å². The predicted octanol–water partition coefficient (Wildman–Crippen LogP) is 1.69. The summed E-state index contributed by atoms with van der Waals surface area (Å²) in [7, 11) is 0. The molecule has 3 unspecified atom stereocenters. The van der Waals surface area contributed by atoms with Crippen LogP contribution in [-0.2, 0) is 0 Å². The first-order chi connectivity index (χ1) is 6.36. The Morgan fingerprint density at radius 2 is 2.08 bits per heavy atom. The number of anilines is 1. The molecule has 13 heavy (non-hydrogen) atoms. The fraction of sp³-hybridized carbons (Fsp3) is 0.455. The first kappa shape index (κ1) is 7.39. The third-order valence-corrected chi connectivity index (χ3v) is 3.37. The van der Waals surface area contributed by atoms with Gasteiger partial charge in [0.05, 0.1) is 0 Å². The summed E-state index contributed by atoms with van der Waals surface area (Å²) in [6, 6.07) is 9.51. The molecule has 0 spiro atoms. The molecule has 0 aromatic heterocycles. The van der Waals surface area contributed by atoms with Crippen molar-refractivity contribution >= 4 is 5.69 Å². The van der Waals surface area contributed by atoms with E-state index in [1.165, 1.54) is 17.7 Å². The highest BCUT2D eigenvalue weighted by Crippen LogP contribution is 2.44. The molecule has 3 N–H and O–H groups in total. The Hall–Kier alpha value is -1.02. The maximum Gasteiger partial charge on any atom is 0.0379 e. The van der Waals surface area contributed by atoms with E-state index >= 15 is 0 Å². The first-order valence-electron chi connectivity index (χ1n) is 4.97. The zero-order valence-electron chi connectivity index (χ0n) is 7.53. The van der Waals surface area contributed by atoms with Gasteiger partial charge in [0.1, 0.15) is 0 Å². The maximum absolute atomic E-state index is 6.09. The van der Waals surface area contributed by atoms with Crippen molar-refractivity contribution in [3.63, 3.8) is 0 Å². The quantitative estimate of drug-likeness (QED) is 0.628. The van der Waals surface area contributed by atoms with Crippen LogP contribution in [0.3, 0.4) is 0 Å². The van der Waals surface area contributed by atoms with E-state index in [4.69, 9.17) is 5.73 Å². The lowest BCUT2D eigenvalue weighted by Gasteiger charge is -2.13. The second-order valence-electron chi connectivity index (χ2n) is 4.11. The van der Waals surface area contributed by atoms with Crippen molar-refractivity contribution in [2.24, 2.45) is 5.73 Å². The monoisotopic (exact) mass is 174 g/mol. The summed E-state index contributed by atoms with van der Waals surface area (Å²) >= 11 is 0. The lowest BCUT2D eigenvalue weighted by Crippen LogP contribution is -2.26. The molecule has 1 aromatic rings. The molecule has 0 bridgehead atoms. The van der Waals surface area contributed by atoms with Crippen LogP contribution >= 0.6 is 0 Å². The fourth-order valence-electron chi connectivity index (χ4n) is 2.76. The molecule has 0 saturated heterocycles. The molecule has 3 atom stereocenters. The molecule has 1 aliphatic heterocycles. The van der Waals surface area contributed by atoms with Gasteiger partial charge in [-0.05, 0) is 24.5 Å². The van der Waals surface area contributed by atoms with E-state index in [-0.39, 0.29) is 0 Å². The Kier molecular flexibility index (Phi) is 1.41.